The van der Waals surface area contributed by atoms with E-state index in [2.05, 4.69) is 20.7 Å². The van der Waals surface area contributed by atoms with Crippen molar-refractivity contribution in [3.05, 3.63) is 11.5 Å². The van der Waals surface area contributed by atoms with Crippen LogP contribution >= 0.6 is 0 Å². The average Bonchev–Trinajstić information content (AvgIpc) is 3.20. The average molecular weight is 336 g/mol. The van der Waals surface area contributed by atoms with Crippen LogP contribution in [0.5, 0.6) is 0 Å². The fourth-order valence-corrected chi connectivity index (χ4v) is 3.51. The highest BCUT2D eigenvalue weighted by molar-refractivity contribution is 5.90. The molecule has 1 aromatic rings. The Morgan fingerprint density at radius 2 is 2.12 bits per heavy atom. The quantitative estimate of drug-likeness (QED) is 0.861. The molecule has 3 rings (SSSR count). The Morgan fingerprint density at radius 1 is 1.33 bits per heavy atom. The van der Waals surface area contributed by atoms with Crippen LogP contribution in [0.1, 0.15) is 37.6 Å². The lowest BCUT2D eigenvalue weighted by molar-refractivity contribution is 0.148. The molecule has 134 valence electrons. The van der Waals surface area contributed by atoms with Crippen molar-refractivity contribution in [2.24, 2.45) is 5.92 Å². The molecule has 0 bridgehead atoms. The van der Waals surface area contributed by atoms with Crippen molar-refractivity contribution in [3.63, 3.8) is 0 Å². The number of piperidine rings is 1. The van der Waals surface area contributed by atoms with E-state index in [4.69, 9.17) is 9.26 Å². The number of likely N-dealkylation sites (tertiary alicyclic amines) is 1. The van der Waals surface area contributed by atoms with Gasteiger partial charge in [0, 0.05) is 38.7 Å². The molecule has 2 aliphatic rings. The van der Waals surface area contributed by atoms with Crippen LogP contribution in [0.4, 0.5) is 10.5 Å². The van der Waals surface area contributed by atoms with Gasteiger partial charge in [-0.1, -0.05) is 12.1 Å². The molecule has 0 unspecified atom stereocenters. The minimum Gasteiger partial charge on any atom is -0.381 e. The highest BCUT2D eigenvalue weighted by atomic mass is 16.5. The van der Waals surface area contributed by atoms with Crippen LogP contribution in [0.15, 0.2) is 4.52 Å². The predicted molar refractivity (Wildman–Crippen MR) is 91.2 cm³/mol. The Morgan fingerprint density at radius 3 is 2.79 bits per heavy atom. The zero-order chi connectivity index (χ0) is 16.9. The van der Waals surface area contributed by atoms with Crippen LogP contribution in [-0.4, -0.2) is 55.0 Å². The summed E-state index contributed by atoms with van der Waals surface area (Å²) in [6.45, 7) is 8.82. The summed E-state index contributed by atoms with van der Waals surface area (Å²) in [7, 11) is 0. The van der Waals surface area contributed by atoms with Gasteiger partial charge in [0.1, 0.15) is 11.4 Å². The number of hydrogen-bond acceptors (Lipinski definition) is 5. The fourth-order valence-electron chi connectivity index (χ4n) is 3.51. The molecule has 7 nitrogen and oxygen atoms in total. The topological polar surface area (TPSA) is 79.6 Å². The van der Waals surface area contributed by atoms with Gasteiger partial charge in [-0.3, -0.25) is 0 Å². The minimum absolute atomic E-state index is 0.168. The maximum absolute atomic E-state index is 12.2. The SMILES string of the molecule is CCc1onc(C)c1NC(=O)NC1CCN(C[C@@H]2CCOC2)CC1. The lowest BCUT2D eigenvalue weighted by Crippen LogP contribution is -2.47. The van der Waals surface area contributed by atoms with Crippen LogP contribution in [0.2, 0.25) is 0 Å². The highest BCUT2D eigenvalue weighted by Crippen LogP contribution is 2.21. The molecular formula is C17H28N4O3. The number of nitrogens with one attached hydrogen (secondary N) is 2. The molecule has 2 amide bonds. The van der Waals surface area contributed by atoms with Crippen molar-refractivity contribution in [2.45, 2.75) is 45.6 Å². The highest BCUT2D eigenvalue weighted by Gasteiger charge is 2.25. The zero-order valence-electron chi connectivity index (χ0n) is 14.6. The predicted octanol–water partition coefficient (Wildman–Crippen LogP) is 2.17. The molecule has 0 radical (unpaired) electrons. The lowest BCUT2D eigenvalue weighted by Gasteiger charge is -2.33. The normalized spacial score (nSPS) is 22.7. The van der Waals surface area contributed by atoms with Crippen LogP contribution in [-0.2, 0) is 11.2 Å². The maximum atomic E-state index is 12.2. The summed E-state index contributed by atoms with van der Waals surface area (Å²) in [6.07, 6.45) is 3.87. The van der Waals surface area contributed by atoms with E-state index >= 15 is 0 Å². The smallest absolute Gasteiger partial charge is 0.319 e. The first-order chi connectivity index (χ1) is 11.7. The second-order valence-corrected chi connectivity index (χ2v) is 6.82. The second kappa shape index (κ2) is 7.98. The van der Waals surface area contributed by atoms with Gasteiger partial charge in [-0.15, -0.1) is 0 Å². The van der Waals surface area contributed by atoms with E-state index in [0.29, 0.717) is 18.0 Å². The van der Waals surface area contributed by atoms with Gasteiger partial charge in [0.2, 0.25) is 0 Å². The monoisotopic (exact) mass is 336 g/mol. The number of urea groups is 1. The van der Waals surface area contributed by atoms with Crippen molar-refractivity contribution in [3.8, 4) is 0 Å². The van der Waals surface area contributed by atoms with Gasteiger partial charge in [-0.05, 0) is 32.1 Å². The fraction of sp³-hybridized carbons (Fsp3) is 0.765. The van der Waals surface area contributed by atoms with Gasteiger partial charge in [0.25, 0.3) is 0 Å². The molecule has 0 spiro atoms. The molecular weight excluding hydrogens is 308 g/mol. The van der Waals surface area contributed by atoms with Gasteiger partial charge in [-0.25, -0.2) is 4.79 Å². The van der Waals surface area contributed by atoms with Gasteiger partial charge in [-0.2, -0.15) is 0 Å². The number of amides is 2. The molecule has 3 heterocycles. The third-order valence-corrected chi connectivity index (χ3v) is 4.96. The Balaban J connectivity index is 1.42. The number of carbonyl (C=O) groups excluding carboxylic acids is 1. The van der Waals surface area contributed by atoms with Crippen molar-refractivity contribution in [1.82, 2.24) is 15.4 Å². The van der Waals surface area contributed by atoms with Crippen molar-refractivity contribution in [1.29, 1.82) is 0 Å². The Labute approximate surface area is 143 Å². The molecule has 1 atom stereocenters. The number of nitrogens with zero attached hydrogens (tertiary/aromatic N) is 2. The summed E-state index contributed by atoms with van der Waals surface area (Å²) in [5.74, 6) is 1.40. The minimum atomic E-state index is -0.168. The van der Waals surface area contributed by atoms with E-state index in [-0.39, 0.29) is 12.1 Å². The Kier molecular flexibility index (Phi) is 5.73. The first kappa shape index (κ1) is 17.2. The number of carbonyl (C=O) groups is 1. The second-order valence-electron chi connectivity index (χ2n) is 6.82. The molecule has 0 saturated carbocycles. The molecule has 0 aliphatic carbocycles. The standard InChI is InChI=1S/C17H28N4O3/c1-3-15-16(12(2)20-24-15)19-17(22)18-14-4-7-21(8-5-14)10-13-6-9-23-11-13/h13-14H,3-11H2,1-2H3,(H2,18,19,22)/t13-/m0/s1. The summed E-state index contributed by atoms with van der Waals surface area (Å²) in [5, 5.41) is 9.88. The molecule has 2 N–H and O–H groups in total. The first-order valence-corrected chi connectivity index (χ1v) is 8.98. The van der Waals surface area contributed by atoms with Crippen LogP contribution in [0.3, 0.4) is 0 Å². The van der Waals surface area contributed by atoms with Crippen LogP contribution in [0.25, 0.3) is 0 Å². The summed E-state index contributed by atoms with van der Waals surface area (Å²) in [5.41, 5.74) is 1.42. The third-order valence-electron chi connectivity index (χ3n) is 4.96. The molecule has 24 heavy (non-hydrogen) atoms. The van der Waals surface area contributed by atoms with E-state index < -0.39 is 0 Å². The third kappa shape index (κ3) is 4.27. The van der Waals surface area contributed by atoms with Gasteiger partial charge < -0.3 is 24.8 Å². The molecule has 2 aliphatic heterocycles. The molecule has 1 aromatic heterocycles. The zero-order valence-corrected chi connectivity index (χ0v) is 14.6. The van der Waals surface area contributed by atoms with Gasteiger partial charge in [0.15, 0.2) is 5.76 Å². The van der Waals surface area contributed by atoms with Crippen molar-refractivity contribution < 1.29 is 14.1 Å². The Bertz CT molecular complexity index is 546. The van der Waals surface area contributed by atoms with Crippen molar-refractivity contribution >= 4 is 11.7 Å². The number of aryl methyl sites for hydroxylation is 2. The van der Waals surface area contributed by atoms with Gasteiger partial charge in [0.05, 0.1) is 6.61 Å². The van der Waals surface area contributed by atoms with Gasteiger partial charge >= 0.3 is 6.03 Å². The molecule has 7 heteroatoms. The van der Waals surface area contributed by atoms with E-state index in [9.17, 15) is 4.79 Å². The number of hydrogen-bond donors (Lipinski definition) is 2. The van der Waals surface area contributed by atoms with E-state index in [0.717, 1.165) is 57.1 Å². The summed E-state index contributed by atoms with van der Waals surface area (Å²) >= 11 is 0. The van der Waals surface area contributed by atoms with E-state index in [1.807, 2.05) is 13.8 Å². The maximum Gasteiger partial charge on any atom is 0.319 e. The number of aromatic nitrogens is 1. The molecule has 2 saturated heterocycles. The lowest BCUT2D eigenvalue weighted by atomic mass is 10.0. The summed E-state index contributed by atoms with van der Waals surface area (Å²) < 4.78 is 10.6. The summed E-state index contributed by atoms with van der Waals surface area (Å²) in [6, 6.07) is 0.0602. The largest absolute Gasteiger partial charge is 0.381 e. The number of ether oxygens (including phenoxy) is 1. The first-order valence-electron chi connectivity index (χ1n) is 8.98. The van der Waals surface area contributed by atoms with Crippen LogP contribution in [0, 0.1) is 12.8 Å². The molecule has 0 aromatic carbocycles. The van der Waals surface area contributed by atoms with Crippen LogP contribution < -0.4 is 10.6 Å². The molecule has 2 fully saturated rings. The van der Waals surface area contributed by atoms with Crippen molar-refractivity contribution in [2.75, 3.05) is 38.2 Å². The number of anilines is 1. The number of rotatable bonds is 5. The van der Waals surface area contributed by atoms with E-state index in [1.165, 1.54) is 6.42 Å². The van der Waals surface area contributed by atoms with E-state index in [1.54, 1.807) is 0 Å². The Hall–Kier alpha value is -1.60. The summed E-state index contributed by atoms with van der Waals surface area (Å²) in [4.78, 5) is 14.7.